The normalized spacial score (nSPS) is 16.4. The third-order valence-electron chi connectivity index (χ3n) is 8.35. The van der Waals surface area contributed by atoms with E-state index in [4.69, 9.17) is 9.47 Å². The number of aromatic nitrogens is 2. The molecule has 0 bridgehead atoms. The maximum absolute atomic E-state index is 13.2. The molecule has 3 N–H and O–H groups in total. The van der Waals surface area contributed by atoms with Gasteiger partial charge in [-0.2, -0.15) is 0 Å². The van der Waals surface area contributed by atoms with Crippen molar-refractivity contribution in [2.75, 3.05) is 44.8 Å². The molecule has 11 nitrogen and oxygen atoms in total. The molecule has 1 saturated heterocycles. The molecule has 6 rings (SSSR count). The average molecular weight is 612 g/mol. The van der Waals surface area contributed by atoms with Gasteiger partial charge in [0, 0.05) is 72.4 Å². The quantitative estimate of drug-likeness (QED) is 0.135. The van der Waals surface area contributed by atoms with Gasteiger partial charge < -0.3 is 25.1 Å². The van der Waals surface area contributed by atoms with Crippen LogP contribution in [0.3, 0.4) is 0 Å². The smallest absolute Gasteiger partial charge is 0.264 e. The highest BCUT2D eigenvalue weighted by Gasteiger charge is 2.44. The second-order valence-corrected chi connectivity index (χ2v) is 11.4. The second kappa shape index (κ2) is 14.0. The number of aryl methyl sites for hydroxylation is 1. The average Bonchev–Trinajstić information content (AvgIpc) is 3.55. The molecule has 1 unspecified atom stereocenters. The molecule has 11 heteroatoms. The van der Waals surface area contributed by atoms with Crippen molar-refractivity contribution in [2.45, 2.75) is 44.6 Å². The summed E-state index contributed by atoms with van der Waals surface area (Å²) in [5, 5.41) is 8.16. The lowest BCUT2D eigenvalue weighted by atomic mass is 10.0. The van der Waals surface area contributed by atoms with Gasteiger partial charge in [0.05, 0.1) is 30.9 Å². The van der Waals surface area contributed by atoms with Gasteiger partial charge in [-0.05, 0) is 55.5 Å². The molecule has 45 heavy (non-hydrogen) atoms. The van der Waals surface area contributed by atoms with Gasteiger partial charge in [0.1, 0.15) is 11.8 Å². The summed E-state index contributed by atoms with van der Waals surface area (Å²) in [7, 11) is 0. The van der Waals surface area contributed by atoms with Crippen LogP contribution in [0, 0.1) is 0 Å². The van der Waals surface area contributed by atoms with Crippen LogP contribution in [0.4, 0.5) is 5.69 Å². The zero-order chi connectivity index (χ0) is 31.2. The number of benzene rings is 2. The number of nitrogens with zero attached hydrogens (tertiary/aromatic N) is 2. The van der Waals surface area contributed by atoms with E-state index in [-0.39, 0.29) is 11.7 Å². The highest BCUT2D eigenvalue weighted by Crippen LogP contribution is 2.32. The van der Waals surface area contributed by atoms with E-state index in [2.05, 4.69) is 38.8 Å². The summed E-state index contributed by atoms with van der Waals surface area (Å²) in [5.41, 5.74) is 4.40. The fraction of sp³-hybridized carbons (Fsp3) is 0.382. The second-order valence-electron chi connectivity index (χ2n) is 11.4. The van der Waals surface area contributed by atoms with Crippen molar-refractivity contribution in [3.05, 3.63) is 71.5 Å². The van der Waals surface area contributed by atoms with Crippen molar-refractivity contribution in [2.24, 2.45) is 0 Å². The van der Waals surface area contributed by atoms with Gasteiger partial charge >= 0.3 is 0 Å². The summed E-state index contributed by atoms with van der Waals surface area (Å²) in [6.45, 7) is 2.67. The minimum Gasteiger partial charge on any atom is -0.382 e. The third kappa shape index (κ3) is 6.74. The molecule has 4 heterocycles. The highest BCUT2D eigenvalue weighted by atomic mass is 16.5. The molecular weight excluding hydrogens is 574 g/mol. The Morgan fingerprint density at radius 3 is 2.69 bits per heavy atom. The Hall–Kier alpha value is -4.61. The van der Waals surface area contributed by atoms with E-state index in [1.54, 1.807) is 24.4 Å². The maximum atomic E-state index is 13.2. The predicted octanol–water partition coefficient (Wildman–Crippen LogP) is 4.02. The van der Waals surface area contributed by atoms with E-state index in [1.165, 1.54) is 0 Å². The van der Waals surface area contributed by atoms with Gasteiger partial charge in [-0.25, -0.2) is 0 Å². The topological polar surface area (TPSA) is 143 Å². The Kier molecular flexibility index (Phi) is 9.46. The molecule has 234 valence electrons. The number of ketones is 1. The molecule has 0 saturated carbocycles. The Balaban J connectivity index is 0.843. The standard InChI is InChI=1S/C34H37N5O6/c40-23(10-8-22-9-11-24-26-21-35-14-12-27(26)38-29(24)20-22)4-3-16-44-18-19-45-17-15-36-28-6-1-5-25-31(28)34(43)39(33(25)42)30-7-2-13-37-32(30)41/h1,5-6,9,11-12,14,20-21,30,36,38H,2-4,7-8,10,13,15-19H2,(H,37,41). The van der Waals surface area contributed by atoms with Crippen molar-refractivity contribution in [1.82, 2.24) is 20.2 Å². The molecule has 2 aliphatic heterocycles. The molecule has 2 aromatic heterocycles. The molecule has 1 atom stereocenters. The molecule has 2 aliphatic rings. The number of aromatic amines is 1. The van der Waals surface area contributed by atoms with Crippen LogP contribution in [0.2, 0.25) is 0 Å². The Bertz CT molecular complexity index is 1730. The van der Waals surface area contributed by atoms with Gasteiger partial charge in [0.15, 0.2) is 0 Å². The predicted molar refractivity (Wildman–Crippen MR) is 169 cm³/mol. The highest BCUT2D eigenvalue weighted by molar-refractivity contribution is 6.25. The van der Waals surface area contributed by atoms with Crippen LogP contribution in [0.15, 0.2) is 54.9 Å². The van der Waals surface area contributed by atoms with Crippen molar-refractivity contribution in [1.29, 1.82) is 0 Å². The molecule has 0 radical (unpaired) electrons. The third-order valence-corrected chi connectivity index (χ3v) is 8.35. The lowest BCUT2D eigenvalue weighted by molar-refractivity contribution is -0.126. The molecule has 4 aromatic rings. The SMILES string of the molecule is O=C(CCCOCCOCCNc1cccc2c1C(=O)N(C1CCCNC1=O)C2=O)CCc1ccc2c(c1)[nH]c1ccncc12. The van der Waals surface area contributed by atoms with Crippen LogP contribution in [-0.4, -0.2) is 83.9 Å². The molecule has 0 spiro atoms. The molecule has 3 amide bonds. The first kappa shape index (κ1) is 30.4. The van der Waals surface area contributed by atoms with E-state index < -0.39 is 17.9 Å². The molecular formula is C34H37N5O6. The summed E-state index contributed by atoms with van der Waals surface area (Å²) in [6.07, 6.45) is 7.18. The first-order valence-electron chi connectivity index (χ1n) is 15.6. The fourth-order valence-corrected chi connectivity index (χ4v) is 6.04. The van der Waals surface area contributed by atoms with Crippen molar-refractivity contribution in [3.63, 3.8) is 0 Å². The minimum absolute atomic E-state index is 0.222. The zero-order valence-corrected chi connectivity index (χ0v) is 25.1. The number of amides is 3. The molecule has 0 aliphatic carbocycles. The number of carbonyl (C=O) groups excluding carboxylic acids is 4. The van der Waals surface area contributed by atoms with Crippen LogP contribution in [0.5, 0.6) is 0 Å². The molecule has 2 aromatic carbocycles. The number of piperidine rings is 1. The number of pyridine rings is 1. The number of hydrogen-bond donors (Lipinski definition) is 3. The lowest BCUT2D eigenvalue weighted by Crippen LogP contribution is -2.52. The van der Waals surface area contributed by atoms with Crippen LogP contribution in [-0.2, 0) is 25.5 Å². The van der Waals surface area contributed by atoms with E-state index in [0.717, 1.165) is 38.7 Å². The number of fused-ring (bicyclic) bond motifs is 4. The van der Waals surface area contributed by atoms with Crippen molar-refractivity contribution in [3.8, 4) is 0 Å². The maximum Gasteiger partial charge on any atom is 0.264 e. The Morgan fingerprint density at radius 2 is 1.82 bits per heavy atom. The summed E-state index contributed by atoms with van der Waals surface area (Å²) in [5.74, 6) is -0.948. The Morgan fingerprint density at radius 1 is 0.956 bits per heavy atom. The lowest BCUT2D eigenvalue weighted by Gasteiger charge is -2.28. The Labute approximate surface area is 260 Å². The number of carbonyl (C=O) groups is 4. The zero-order valence-electron chi connectivity index (χ0n) is 25.1. The van der Waals surface area contributed by atoms with E-state index in [1.807, 2.05) is 12.3 Å². The number of rotatable bonds is 15. The van der Waals surface area contributed by atoms with E-state index >= 15 is 0 Å². The summed E-state index contributed by atoms with van der Waals surface area (Å²) in [6, 6.07) is 12.6. The van der Waals surface area contributed by atoms with Gasteiger partial charge in [0.2, 0.25) is 5.91 Å². The largest absolute Gasteiger partial charge is 0.382 e. The summed E-state index contributed by atoms with van der Waals surface area (Å²) >= 11 is 0. The van der Waals surface area contributed by atoms with Gasteiger partial charge in [0.25, 0.3) is 11.8 Å². The van der Waals surface area contributed by atoms with E-state index in [9.17, 15) is 19.2 Å². The fourth-order valence-electron chi connectivity index (χ4n) is 6.04. The van der Waals surface area contributed by atoms with Gasteiger partial charge in [-0.3, -0.25) is 29.1 Å². The summed E-state index contributed by atoms with van der Waals surface area (Å²) in [4.78, 5) is 59.5. The van der Waals surface area contributed by atoms with Crippen LogP contribution in [0.25, 0.3) is 21.8 Å². The number of hydrogen-bond acceptors (Lipinski definition) is 8. The van der Waals surface area contributed by atoms with Gasteiger partial charge in [-0.1, -0.05) is 18.2 Å². The summed E-state index contributed by atoms with van der Waals surface area (Å²) < 4.78 is 11.3. The molecule has 1 fully saturated rings. The van der Waals surface area contributed by atoms with Crippen LogP contribution in [0.1, 0.15) is 58.4 Å². The van der Waals surface area contributed by atoms with Crippen LogP contribution < -0.4 is 10.6 Å². The number of Topliss-reactive ketones (excluding diaryl/α,β-unsaturated/α-hetero) is 1. The van der Waals surface area contributed by atoms with Crippen molar-refractivity contribution < 1.29 is 28.7 Å². The minimum atomic E-state index is -0.772. The first-order valence-corrected chi connectivity index (χ1v) is 15.6. The number of ether oxygens (including phenoxy) is 2. The van der Waals surface area contributed by atoms with E-state index in [0.29, 0.717) is 88.4 Å². The van der Waals surface area contributed by atoms with Crippen molar-refractivity contribution >= 4 is 51.0 Å². The van der Waals surface area contributed by atoms with Gasteiger partial charge in [-0.15, -0.1) is 0 Å². The monoisotopic (exact) mass is 611 g/mol. The number of anilines is 1. The number of imide groups is 1. The number of H-pyrrole nitrogens is 1. The van der Waals surface area contributed by atoms with Crippen LogP contribution >= 0.6 is 0 Å². The number of nitrogens with one attached hydrogen (secondary N) is 3. The first-order chi connectivity index (χ1) is 22.0.